The largest absolute Gasteiger partial charge is 0.383 e. The molecular formula is C16H27FN2O2. The summed E-state index contributed by atoms with van der Waals surface area (Å²) >= 11 is 0. The second kappa shape index (κ2) is 8.97. The van der Waals surface area contributed by atoms with Gasteiger partial charge >= 0.3 is 0 Å². The summed E-state index contributed by atoms with van der Waals surface area (Å²) < 4.78 is 24.3. The van der Waals surface area contributed by atoms with Crippen LogP contribution in [0.15, 0.2) is 12.1 Å². The van der Waals surface area contributed by atoms with E-state index < -0.39 is 0 Å². The van der Waals surface area contributed by atoms with Crippen molar-refractivity contribution >= 4 is 5.69 Å². The van der Waals surface area contributed by atoms with Gasteiger partial charge in [-0.15, -0.1) is 0 Å². The molecule has 0 spiro atoms. The van der Waals surface area contributed by atoms with E-state index in [4.69, 9.17) is 9.47 Å². The zero-order chi connectivity index (χ0) is 15.8. The van der Waals surface area contributed by atoms with Crippen molar-refractivity contribution in [2.45, 2.75) is 19.9 Å². The maximum Gasteiger partial charge on any atom is 0.126 e. The van der Waals surface area contributed by atoms with Crippen LogP contribution < -0.4 is 10.2 Å². The number of hydrogen-bond acceptors (Lipinski definition) is 4. The topological polar surface area (TPSA) is 33.7 Å². The molecule has 0 saturated heterocycles. The highest BCUT2D eigenvalue weighted by molar-refractivity contribution is 5.57. The summed E-state index contributed by atoms with van der Waals surface area (Å²) in [6.07, 6.45) is 0. The predicted octanol–water partition coefficient (Wildman–Crippen LogP) is 2.51. The zero-order valence-corrected chi connectivity index (χ0v) is 13.7. The lowest BCUT2D eigenvalue weighted by atomic mass is 10.0. The Balaban J connectivity index is 3.16. The summed E-state index contributed by atoms with van der Waals surface area (Å²) in [4.78, 5) is 2.18. The number of aryl methyl sites for hydroxylation is 1. The summed E-state index contributed by atoms with van der Waals surface area (Å²) in [5.74, 6) is -0.172. The molecule has 0 fully saturated rings. The molecule has 4 nitrogen and oxygen atoms in total. The molecule has 1 rings (SSSR count). The fraction of sp³-hybridized carbons (Fsp3) is 0.625. The van der Waals surface area contributed by atoms with Gasteiger partial charge in [0.2, 0.25) is 0 Å². The van der Waals surface area contributed by atoms with Crippen LogP contribution in [0.3, 0.4) is 0 Å². The van der Waals surface area contributed by atoms with Crippen molar-refractivity contribution < 1.29 is 13.9 Å². The third-order valence-corrected chi connectivity index (χ3v) is 3.68. The van der Waals surface area contributed by atoms with Gasteiger partial charge in [-0.25, -0.2) is 4.39 Å². The molecule has 1 aromatic rings. The molecule has 0 bridgehead atoms. The van der Waals surface area contributed by atoms with Crippen LogP contribution in [0.2, 0.25) is 0 Å². The molecule has 21 heavy (non-hydrogen) atoms. The van der Waals surface area contributed by atoms with Crippen LogP contribution in [0, 0.1) is 12.7 Å². The molecular weight excluding hydrogens is 271 g/mol. The first kappa shape index (κ1) is 17.9. The number of ether oxygens (including phenoxy) is 2. The van der Waals surface area contributed by atoms with Gasteiger partial charge in [-0.2, -0.15) is 0 Å². The van der Waals surface area contributed by atoms with Crippen molar-refractivity contribution in [3.05, 3.63) is 29.1 Å². The highest BCUT2D eigenvalue weighted by atomic mass is 19.1. The molecule has 0 aliphatic rings. The highest BCUT2D eigenvalue weighted by Crippen LogP contribution is 2.29. The van der Waals surface area contributed by atoms with Crippen LogP contribution >= 0.6 is 0 Å². The Morgan fingerprint density at radius 2 is 1.76 bits per heavy atom. The number of benzene rings is 1. The van der Waals surface area contributed by atoms with Gasteiger partial charge in [-0.3, -0.25) is 0 Å². The third kappa shape index (κ3) is 4.95. The molecule has 5 heteroatoms. The molecule has 0 amide bonds. The smallest absolute Gasteiger partial charge is 0.126 e. The summed E-state index contributed by atoms with van der Waals surface area (Å²) in [5, 5.41) is 3.18. The van der Waals surface area contributed by atoms with E-state index in [2.05, 4.69) is 10.2 Å². The Labute approximate surface area is 127 Å². The van der Waals surface area contributed by atoms with Crippen molar-refractivity contribution in [1.82, 2.24) is 5.32 Å². The average Bonchev–Trinajstić information content (AvgIpc) is 2.49. The summed E-state index contributed by atoms with van der Waals surface area (Å²) in [6.45, 7) is 6.54. The standard InChI is InChI=1S/C16H27FN2O2/c1-12-10-16(14(11-15(12)17)13(2)18-3)19(6-8-20-4)7-9-21-5/h10-11,13,18H,6-9H2,1-5H3. The number of nitrogens with zero attached hydrogens (tertiary/aromatic N) is 1. The highest BCUT2D eigenvalue weighted by Gasteiger charge is 2.17. The van der Waals surface area contributed by atoms with Crippen LogP contribution in [0.1, 0.15) is 24.1 Å². The molecule has 0 aliphatic carbocycles. The minimum absolute atomic E-state index is 0.0719. The number of halogens is 1. The quantitative estimate of drug-likeness (QED) is 0.759. The molecule has 0 aromatic heterocycles. The number of hydrogen-bond donors (Lipinski definition) is 1. The predicted molar refractivity (Wildman–Crippen MR) is 84.6 cm³/mol. The van der Waals surface area contributed by atoms with Crippen LogP contribution in [0.25, 0.3) is 0 Å². The Morgan fingerprint density at radius 3 is 2.24 bits per heavy atom. The molecule has 120 valence electrons. The summed E-state index contributed by atoms with van der Waals surface area (Å²) in [5.41, 5.74) is 2.63. The molecule has 0 radical (unpaired) electrons. The molecule has 1 aromatic carbocycles. The van der Waals surface area contributed by atoms with E-state index in [0.29, 0.717) is 18.8 Å². The van der Waals surface area contributed by atoms with Crippen molar-refractivity contribution in [2.75, 3.05) is 52.5 Å². The normalized spacial score (nSPS) is 12.5. The monoisotopic (exact) mass is 298 g/mol. The van der Waals surface area contributed by atoms with Gasteiger partial charge < -0.3 is 19.7 Å². The Kier molecular flexibility index (Phi) is 7.64. The number of methoxy groups -OCH3 is 2. The minimum Gasteiger partial charge on any atom is -0.383 e. The van der Waals surface area contributed by atoms with E-state index in [0.717, 1.165) is 24.3 Å². The van der Waals surface area contributed by atoms with Gasteiger partial charge in [-0.1, -0.05) is 0 Å². The lowest BCUT2D eigenvalue weighted by Gasteiger charge is -2.29. The van der Waals surface area contributed by atoms with Crippen LogP contribution in [0.5, 0.6) is 0 Å². The second-order valence-electron chi connectivity index (χ2n) is 5.14. The minimum atomic E-state index is -0.172. The lowest BCUT2D eigenvalue weighted by molar-refractivity contribution is 0.190. The third-order valence-electron chi connectivity index (χ3n) is 3.68. The van der Waals surface area contributed by atoms with Crippen molar-refractivity contribution in [2.24, 2.45) is 0 Å². The van der Waals surface area contributed by atoms with Crippen molar-refractivity contribution in [1.29, 1.82) is 0 Å². The first-order chi connectivity index (χ1) is 10.0. The molecule has 1 unspecified atom stereocenters. The first-order valence-electron chi connectivity index (χ1n) is 7.25. The Morgan fingerprint density at radius 1 is 1.19 bits per heavy atom. The zero-order valence-electron chi connectivity index (χ0n) is 13.7. The van der Waals surface area contributed by atoms with Crippen LogP contribution in [0.4, 0.5) is 10.1 Å². The van der Waals surface area contributed by atoms with Crippen LogP contribution in [-0.4, -0.2) is 47.6 Å². The number of rotatable bonds is 9. The van der Waals surface area contributed by atoms with Crippen LogP contribution in [-0.2, 0) is 9.47 Å². The molecule has 1 atom stereocenters. The fourth-order valence-corrected chi connectivity index (χ4v) is 2.21. The molecule has 0 heterocycles. The van der Waals surface area contributed by atoms with E-state index in [9.17, 15) is 4.39 Å². The van der Waals surface area contributed by atoms with E-state index >= 15 is 0 Å². The second-order valence-corrected chi connectivity index (χ2v) is 5.14. The number of anilines is 1. The maximum atomic E-state index is 13.9. The first-order valence-corrected chi connectivity index (χ1v) is 7.25. The molecule has 0 aliphatic heterocycles. The van der Waals surface area contributed by atoms with E-state index in [-0.39, 0.29) is 11.9 Å². The van der Waals surface area contributed by atoms with Gasteiger partial charge in [0.15, 0.2) is 0 Å². The van der Waals surface area contributed by atoms with Gasteiger partial charge in [0.25, 0.3) is 0 Å². The Bertz CT molecular complexity index is 433. The van der Waals surface area contributed by atoms with Gasteiger partial charge in [0.05, 0.1) is 13.2 Å². The van der Waals surface area contributed by atoms with Gasteiger partial charge in [0.1, 0.15) is 5.82 Å². The Hall–Kier alpha value is -1.17. The van der Waals surface area contributed by atoms with Gasteiger partial charge in [-0.05, 0) is 44.2 Å². The molecule has 1 N–H and O–H groups in total. The van der Waals surface area contributed by atoms with Crippen molar-refractivity contribution in [3.8, 4) is 0 Å². The summed E-state index contributed by atoms with van der Waals surface area (Å²) in [7, 11) is 5.24. The van der Waals surface area contributed by atoms with E-state index in [1.807, 2.05) is 20.0 Å². The van der Waals surface area contributed by atoms with E-state index in [1.54, 1.807) is 27.2 Å². The van der Waals surface area contributed by atoms with Gasteiger partial charge in [0, 0.05) is 39.0 Å². The summed E-state index contributed by atoms with van der Waals surface area (Å²) in [6, 6.07) is 3.60. The maximum absolute atomic E-state index is 13.9. The average molecular weight is 298 g/mol. The molecule has 0 saturated carbocycles. The SMILES string of the molecule is CNC(C)c1cc(F)c(C)cc1N(CCOC)CCOC. The fourth-order valence-electron chi connectivity index (χ4n) is 2.21. The lowest BCUT2D eigenvalue weighted by Crippen LogP contribution is -2.32. The number of nitrogens with one attached hydrogen (secondary N) is 1. The van der Waals surface area contributed by atoms with Crippen molar-refractivity contribution in [3.63, 3.8) is 0 Å². The van der Waals surface area contributed by atoms with E-state index in [1.165, 1.54) is 0 Å².